The average molecular weight is 301 g/mol. The topological polar surface area (TPSA) is 78.5 Å². The smallest absolute Gasteiger partial charge is 0.322 e. The molecule has 1 atom stereocenters. The maximum Gasteiger partial charge on any atom is 0.322 e. The molecule has 4 amide bonds. The highest BCUT2D eigenvalue weighted by Gasteiger charge is 2.51. The van der Waals surface area contributed by atoms with E-state index in [2.05, 4.69) is 17.6 Å². The summed E-state index contributed by atoms with van der Waals surface area (Å²) in [4.78, 5) is 37.2. The van der Waals surface area contributed by atoms with Gasteiger partial charge in [0, 0.05) is 6.54 Å². The maximum absolute atomic E-state index is 12.4. The van der Waals surface area contributed by atoms with Crippen LogP contribution in [0.25, 0.3) is 0 Å². The van der Waals surface area contributed by atoms with E-state index in [1.807, 2.05) is 24.3 Å². The second-order valence-corrected chi connectivity index (χ2v) is 5.90. The summed E-state index contributed by atoms with van der Waals surface area (Å²) in [5.41, 5.74) is 1.27. The lowest BCUT2D eigenvalue weighted by atomic mass is 9.99. The van der Waals surface area contributed by atoms with Crippen molar-refractivity contribution in [3.05, 3.63) is 35.4 Å². The van der Waals surface area contributed by atoms with Gasteiger partial charge in [-0.3, -0.25) is 14.9 Å². The van der Waals surface area contributed by atoms with Crippen LogP contribution in [0.1, 0.15) is 24.5 Å². The number of imide groups is 1. The van der Waals surface area contributed by atoms with Crippen LogP contribution in [0.4, 0.5) is 4.79 Å². The molecular formula is C16H19N3O3. The summed E-state index contributed by atoms with van der Waals surface area (Å²) in [6.07, 6.45) is 1.75. The molecule has 2 aliphatic heterocycles. The number of aryl methyl sites for hydroxylation is 1. The zero-order valence-corrected chi connectivity index (χ0v) is 12.5. The molecule has 0 saturated carbocycles. The number of carbonyl (C=O) groups excluding carboxylic acids is 3. The highest BCUT2D eigenvalue weighted by molar-refractivity contribution is 6.07. The molecule has 3 rings (SSSR count). The SMILES string of the molecule is CCc1ccc(CC(=O)N2CC[C@@]3(C2)NC(=O)NC3=O)cc1. The third-order valence-corrected chi connectivity index (χ3v) is 4.42. The molecule has 1 aromatic carbocycles. The third kappa shape index (κ3) is 2.56. The Morgan fingerprint density at radius 3 is 2.50 bits per heavy atom. The van der Waals surface area contributed by atoms with Crippen molar-refractivity contribution in [2.45, 2.75) is 31.7 Å². The van der Waals surface area contributed by atoms with Gasteiger partial charge in [0.25, 0.3) is 5.91 Å². The van der Waals surface area contributed by atoms with Crippen LogP contribution in [-0.4, -0.2) is 41.4 Å². The number of rotatable bonds is 3. The van der Waals surface area contributed by atoms with E-state index < -0.39 is 11.6 Å². The van der Waals surface area contributed by atoms with Crippen LogP contribution in [0.5, 0.6) is 0 Å². The molecule has 2 heterocycles. The van der Waals surface area contributed by atoms with Gasteiger partial charge in [-0.15, -0.1) is 0 Å². The second kappa shape index (κ2) is 5.44. The molecule has 0 aliphatic carbocycles. The molecule has 6 nitrogen and oxygen atoms in total. The Hall–Kier alpha value is -2.37. The standard InChI is InChI=1S/C16H19N3O3/c1-2-11-3-5-12(6-4-11)9-13(20)19-8-7-16(10-19)14(21)17-15(22)18-16/h3-6H,2,7-10H2,1H3,(H2,17,18,21,22)/t16-/m0/s1. The molecule has 1 spiro atoms. The normalized spacial score (nSPS) is 23.8. The van der Waals surface area contributed by atoms with Gasteiger partial charge >= 0.3 is 6.03 Å². The molecule has 0 aromatic heterocycles. The first-order valence-electron chi connectivity index (χ1n) is 7.51. The number of benzene rings is 1. The zero-order chi connectivity index (χ0) is 15.7. The van der Waals surface area contributed by atoms with Gasteiger partial charge < -0.3 is 10.2 Å². The number of nitrogens with zero attached hydrogens (tertiary/aromatic N) is 1. The van der Waals surface area contributed by atoms with Crippen LogP contribution < -0.4 is 10.6 Å². The van der Waals surface area contributed by atoms with E-state index >= 15 is 0 Å². The Kier molecular flexibility index (Phi) is 3.60. The van der Waals surface area contributed by atoms with Gasteiger partial charge in [0.1, 0.15) is 5.54 Å². The van der Waals surface area contributed by atoms with E-state index in [0.29, 0.717) is 19.4 Å². The molecule has 0 radical (unpaired) electrons. The monoisotopic (exact) mass is 301 g/mol. The van der Waals surface area contributed by atoms with Crippen molar-refractivity contribution in [2.75, 3.05) is 13.1 Å². The van der Waals surface area contributed by atoms with Crippen molar-refractivity contribution >= 4 is 17.8 Å². The first-order valence-corrected chi connectivity index (χ1v) is 7.51. The molecule has 6 heteroatoms. The summed E-state index contributed by atoms with van der Waals surface area (Å²) in [5, 5.41) is 4.89. The van der Waals surface area contributed by atoms with Gasteiger partial charge in [0.05, 0.1) is 13.0 Å². The van der Waals surface area contributed by atoms with Crippen molar-refractivity contribution < 1.29 is 14.4 Å². The van der Waals surface area contributed by atoms with E-state index in [1.54, 1.807) is 4.90 Å². The second-order valence-electron chi connectivity index (χ2n) is 5.90. The molecular weight excluding hydrogens is 282 g/mol. The molecule has 2 aliphatic rings. The van der Waals surface area contributed by atoms with Crippen molar-refractivity contribution in [3.63, 3.8) is 0 Å². The summed E-state index contributed by atoms with van der Waals surface area (Å²) >= 11 is 0. The Labute approximate surface area is 128 Å². The van der Waals surface area contributed by atoms with E-state index in [9.17, 15) is 14.4 Å². The molecule has 2 fully saturated rings. The predicted octanol–water partition coefficient (Wildman–Crippen LogP) is 0.602. The Morgan fingerprint density at radius 2 is 1.91 bits per heavy atom. The Balaban J connectivity index is 1.64. The Morgan fingerprint density at radius 1 is 1.23 bits per heavy atom. The molecule has 2 N–H and O–H groups in total. The molecule has 0 bridgehead atoms. The van der Waals surface area contributed by atoms with Crippen LogP contribution in [0.3, 0.4) is 0 Å². The van der Waals surface area contributed by atoms with Gasteiger partial charge in [-0.2, -0.15) is 0 Å². The fraction of sp³-hybridized carbons (Fsp3) is 0.438. The molecule has 0 unspecified atom stereocenters. The van der Waals surface area contributed by atoms with E-state index in [0.717, 1.165) is 12.0 Å². The minimum atomic E-state index is -0.932. The molecule has 2 saturated heterocycles. The summed E-state index contributed by atoms with van der Waals surface area (Å²) in [7, 11) is 0. The average Bonchev–Trinajstić information content (AvgIpc) is 3.04. The van der Waals surface area contributed by atoms with Crippen molar-refractivity contribution in [1.82, 2.24) is 15.5 Å². The fourth-order valence-electron chi connectivity index (χ4n) is 3.02. The number of nitrogens with one attached hydrogen (secondary N) is 2. The lowest BCUT2D eigenvalue weighted by Gasteiger charge is -2.21. The molecule has 116 valence electrons. The highest BCUT2D eigenvalue weighted by Crippen LogP contribution is 2.25. The third-order valence-electron chi connectivity index (χ3n) is 4.42. The first-order chi connectivity index (χ1) is 10.5. The van der Waals surface area contributed by atoms with Crippen LogP contribution in [-0.2, 0) is 22.4 Å². The minimum Gasteiger partial charge on any atom is -0.339 e. The number of hydrogen-bond acceptors (Lipinski definition) is 3. The molecule has 22 heavy (non-hydrogen) atoms. The number of carbonyl (C=O) groups is 3. The summed E-state index contributed by atoms with van der Waals surface area (Å²) in [6.45, 7) is 2.82. The van der Waals surface area contributed by atoms with Crippen molar-refractivity contribution in [2.24, 2.45) is 0 Å². The maximum atomic E-state index is 12.4. The number of amides is 4. The van der Waals surface area contributed by atoms with Gasteiger partial charge in [-0.25, -0.2) is 4.79 Å². The van der Waals surface area contributed by atoms with Crippen LogP contribution in [0.15, 0.2) is 24.3 Å². The van der Waals surface area contributed by atoms with Crippen LogP contribution >= 0.6 is 0 Å². The van der Waals surface area contributed by atoms with E-state index in [-0.39, 0.29) is 18.4 Å². The number of hydrogen-bond donors (Lipinski definition) is 2. The predicted molar refractivity (Wildman–Crippen MR) is 80.1 cm³/mol. The van der Waals surface area contributed by atoms with Crippen LogP contribution in [0, 0.1) is 0 Å². The zero-order valence-electron chi connectivity index (χ0n) is 12.5. The highest BCUT2D eigenvalue weighted by atomic mass is 16.2. The number of likely N-dealkylation sites (tertiary alicyclic amines) is 1. The first kappa shape index (κ1) is 14.6. The van der Waals surface area contributed by atoms with Gasteiger partial charge in [0.15, 0.2) is 0 Å². The summed E-state index contributed by atoms with van der Waals surface area (Å²) in [5.74, 6) is -0.352. The van der Waals surface area contributed by atoms with Gasteiger partial charge in [0.2, 0.25) is 5.91 Å². The molecule has 1 aromatic rings. The summed E-state index contributed by atoms with van der Waals surface area (Å²) < 4.78 is 0. The van der Waals surface area contributed by atoms with Crippen molar-refractivity contribution in [3.8, 4) is 0 Å². The quantitative estimate of drug-likeness (QED) is 0.803. The summed E-state index contributed by atoms with van der Waals surface area (Å²) in [6, 6.07) is 7.51. The van der Waals surface area contributed by atoms with Gasteiger partial charge in [-0.05, 0) is 24.0 Å². The largest absolute Gasteiger partial charge is 0.339 e. The van der Waals surface area contributed by atoms with E-state index in [4.69, 9.17) is 0 Å². The minimum absolute atomic E-state index is 0.0185. The number of urea groups is 1. The van der Waals surface area contributed by atoms with E-state index in [1.165, 1.54) is 5.56 Å². The van der Waals surface area contributed by atoms with Crippen molar-refractivity contribution in [1.29, 1.82) is 0 Å². The lowest BCUT2D eigenvalue weighted by molar-refractivity contribution is -0.130. The van der Waals surface area contributed by atoms with Crippen LogP contribution in [0.2, 0.25) is 0 Å². The Bertz CT molecular complexity index is 626. The van der Waals surface area contributed by atoms with Gasteiger partial charge in [-0.1, -0.05) is 31.2 Å². The fourth-order valence-corrected chi connectivity index (χ4v) is 3.02. The lowest BCUT2D eigenvalue weighted by Crippen LogP contribution is -2.49.